The number of aryl methyl sites for hydroxylation is 2. The fourth-order valence-electron chi connectivity index (χ4n) is 5.98. The summed E-state index contributed by atoms with van der Waals surface area (Å²) in [5.41, 5.74) is 4.60. The number of nitrogens with one attached hydrogen (secondary N) is 2. The molecule has 1 aromatic carbocycles. The normalized spacial score (nSPS) is 21.4. The minimum absolute atomic E-state index is 0.000321. The number of amides is 2. The van der Waals surface area contributed by atoms with Gasteiger partial charge in [0.2, 0.25) is 11.8 Å². The summed E-state index contributed by atoms with van der Waals surface area (Å²) in [4.78, 5) is 50.5. The van der Waals surface area contributed by atoms with Crippen LogP contribution in [0.25, 0.3) is 22.0 Å². The van der Waals surface area contributed by atoms with E-state index in [1.807, 2.05) is 19.9 Å². The van der Waals surface area contributed by atoms with Gasteiger partial charge in [0.25, 0.3) is 0 Å². The Kier molecular flexibility index (Phi) is 6.16. The van der Waals surface area contributed by atoms with Crippen LogP contribution in [-0.4, -0.2) is 64.9 Å². The van der Waals surface area contributed by atoms with Gasteiger partial charge < -0.3 is 10.2 Å². The molecule has 11 heteroatoms. The lowest BCUT2D eigenvalue weighted by Gasteiger charge is -2.27. The number of Topliss-reactive ketones (excluding diaryl/α,β-unsaturated/α-hetero) is 1. The van der Waals surface area contributed by atoms with Crippen LogP contribution in [0.15, 0.2) is 36.8 Å². The molecule has 0 unspecified atom stereocenters. The van der Waals surface area contributed by atoms with Crippen LogP contribution in [0.2, 0.25) is 0 Å². The van der Waals surface area contributed by atoms with Crippen molar-refractivity contribution in [3.05, 3.63) is 65.1 Å². The molecular weight excluding hydrogens is 508 g/mol. The largest absolute Gasteiger partial charge is 0.349 e. The van der Waals surface area contributed by atoms with Gasteiger partial charge in [-0.05, 0) is 67.0 Å². The molecule has 2 N–H and O–H groups in total. The Morgan fingerprint density at radius 1 is 1.18 bits per heavy atom. The zero-order valence-corrected chi connectivity index (χ0v) is 22.9. The molecule has 0 bridgehead atoms. The van der Waals surface area contributed by atoms with E-state index in [0.717, 1.165) is 23.1 Å². The van der Waals surface area contributed by atoms with Crippen molar-refractivity contribution in [2.24, 2.45) is 5.41 Å². The molecule has 1 aliphatic heterocycles. The second-order valence-corrected chi connectivity index (χ2v) is 11.1. The van der Waals surface area contributed by atoms with Crippen molar-refractivity contribution in [2.45, 2.75) is 65.6 Å². The summed E-state index contributed by atoms with van der Waals surface area (Å²) >= 11 is 0. The Bertz CT molecular complexity index is 1650. The summed E-state index contributed by atoms with van der Waals surface area (Å²) in [5, 5.41) is 18.7. The van der Waals surface area contributed by atoms with E-state index in [1.165, 1.54) is 6.92 Å². The third-order valence-electron chi connectivity index (χ3n) is 8.20. The summed E-state index contributed by atoms with van der Waals surface area (Å²) in [6.07, 6.45) is 6.48. The van der Waals surface area contributed by atoms with E-state index in [4.69, 9.17) is 0 Å². The molecule has 2 amide bonds. The second-order valence-electron chi connectivity index (χ2n) is 11.1. The Morgan fingerprint density at radius 2 is 1.95 bits per heavy atom. The first kappa shape index (κ1) is 25.7. The second kappa shape index (κ2) is 9.58. The molecule has 2 fully saturated rings. The summed E-state index contributed by atoms with van der Waals surface area (Å²) in [5.74, 6) is 0.0832. The van der Waals surface area contributed by atoms with Crippen LogP contribution >= 0.6 is 0 Å². The molecule has 204 valence electrons. The van der Waals surface area contributed by atoms with Crippen molar-refractivity contribution in [1.29, 1.82) is 0 Å². The maximum Gasteiger partial charge on any atom is 0.243 e. The maximum atomic E-state index is 14.1. The third kappa shape index (κ3) is 4.41. The van der Waals surface area contributed by atoms with E-state index in [0.29, 0.717) is 40.1 Å². The highest BCUT2D eigenvalue weighted by molar-refractivity contribution is 6.09. The zero-order valence-electron chi connectivity index (χ0n) is 22.9. The minimum Gasteiger partial charge on any atom is -0.349 e. The van der Waals surface area contributed by atoms with Crippen molar-refractivity contribution < 1.29 is 14.4 Å². The summed E-state index contributed by atoms with van der Waals surface area (Å²) in [6.45, 7) is 7.56. The number of piperidine rings is 1. The number of benzene rings is 1. The fourth-order valence-corrected chi connectivity index (χ4v) is 5.98. The quantitative estimate of drug-likeness (QED) is 0.342. The van der Waals surface area contributed by atoms with Crippen molar-refractivity contribution in [3.63, 3.8) is 0 Å². The SMILES string of the molecule is CC(=O)c1[nH]nc2c(C)cc(-c3cnc(C)nc3)c(CC(=O)N3[C@H](C(=O)NCc4cccnn4)C[C@@]4(C)C[C@@H]34)c12. The first-order valence-corrected chi connectivity index (χ1v) is 13.3. The van der Waals surface area contributed by atoms with Crippen LogP contribution in [0.1, 0.15) is 59.8 Å². The van der Waals surface area contributed by atoms with Gasteiger partial charge in [-0.2, -0.15) is 15.3 Å². The maximum absolute atomic E-state index is 14.1. The van der Waals surface area contributed by atoms with Gasteiger partial charge in [-0.15, -0.1) is 0 Å². The first-order chi connectivity index (χ1) is 19.2. The molecule has 1 saturated heterocycles. The lowest BCUT2D eigenvalue weighted by Crippen LogP contribution is -2.48. The van der Waals surface area contributed by atoms with Gasteiger partial charge >= 0.3 is 0 Å². The smallest absolute Gasteiger partial charge is 0.243 e. The van der Waals surface area contributed by atoms with Crippen LogP contribution in [0, 0.1) is 19.3 Å². The van der Waals surface area contributed by atoms with Crippen molar-refractivity contribution in [3.8, 4) is 11.1 Å². The number of hydrogen-bond acceptors (Lipinski definition) is 8. The van der Waals surface area contributed by atoms with Gasteiger partial charge in [0, 0.05) is 42.5 Å². The standard InChI is InChI=1S/C29H30N8O3/c1-15-8-20(18-12-30-17(3)31-13-18)21(25-26(15)35-36-27(25)16(2)38)9-24(39)37-22(10-29(4)11-23(29)37)28(40)32-14-19-6-5-7-33-34-19/h5-8,12-13,22-23H,9-11,14H2,1-4H3,(H,32,40)(H,35,36)/t22-,23+,29-/m0/s1. The average molecular weight is 539 g/mol. The molecule has 3 aromatic heterocycles. The van der Waals surface area contributed by atoms with Gasteiger partial charge in [0.05, 0.1) is 24.2 Å². The summed E-state index contributed by atoms with van der Waals surface area (Å²) in [7, 11) is 0. The van der Waals surface area contributed by atoms with Crippen LogP contribution in [0.4, 0.5) is 0 Å². The molecule has 11 nitrogen and oxygen atoms in total. The number of carbonyl (C=O) groups excluding carboxylic acids is 3. The number of fused-ring (bicyclic) bond motifs is 2. The van der Waals surface area contributed by atoms with Crippen molar-refractivity contribution in [2.75, 3.05) is 0 Å². The van der Waals surface area contributed by atoms with Gasteiger partial charge in [-0.25, -0.2) is 9.97 Å². The van der Waals surface area contributed by atoms with Crippen molar-refractivity contribution >= 4 is 28.5 Å². The molecular formula is C29H30N8O3. The molecule has 3 atom stereocenters. The highest BCUT2D eigenvalue weighted by Crippen LogP contribution is 2.59. The molecule has 1 aliphatic carbocycles. The Hall–Kier alpha value is -4.54. The summed E-state index contributed by atoms with van der Waals surface area (Å²) in [6, 6.07) is 4.92. The molecule has 4 aromatic rings. The predicted molar refractivity (Wildman–Crippen MR) is 146 cm³/mol. The van der Waals surface area contributed by atoms with E-state index >= 15 is 0 Å². The summed E-state index contributed by atoms with van der Waals surface area (Å²) < 4.78 is 0. The Morgan fingerprint density at radius 3 is 2.65 bits per heavy atom. The van der Waals surface area contributed by atoms with Gasteiger partial charge in [-0.1, -0.05) is 6.92 Å². The fraction of sp³-hybridized carbons (Fsp3) is 0.379. The van der Waals surface area contributed by atoms with Crippen LogP contribution in [-0.2, 0) is 22.6 Å². The van der Waals surface area contributed by atoms with E-state index in [1.54, 1.807) is 35.6 Å². The van der Waals surface area contributed by atoms with E-state index < -0.39 is 6.04 Å². The Balaban J connectivity index is 1.37. The van der Waals surface area contributed by atoms with E-state index in [-0.39, 0.29) is 42.0 Å². The number of aromatic nitrogens is 6. The number of aromatic amines is 1. The molecule has 0 radical (unpaired) electrons. The molecule has 1 saturated carbocycles. The first-order valence-electron chi connectivity index (χ1n) is 13.3. The minimum atomic E-state index is -0.586. The van der Waals surface area contributed by atoms with Crippen LogP contribution in [0.5, 0.6) is 0 Å². The molecule has 40 heavy (non-hydrogen) atoms. The lowest BCUT2D eigenvalue weighted by atomic mass is 9.91. The third-order valence-corrected chi connectivity index (χ3v) is 8.20. The van der Waals surface area contributed by atoms with E-state index in [2.05, 4.69) is 42.6 Å². The monoisotopic (exact) mass is 538 g/mol. The predicted octanol–water partition coefficient (Wildman–Crippen LogP) is 2.87. The van der Waals surface area contributed by atoms with Gasteiger partial charge in [-0.3, -0.25) is 19.5 Å². The highest BCUT2D eigenvalue weighted by atomic mass is 16.2. The molecule has 6 rings (SSSR count). The number of ketones is 1. The number of likely N-dealkylation sites (tertiary alicyclic amines) is 1. The molecule has 0 spiro atoms. The number of nitrogens with zero attached hydrogens (tertiary/aromatic N) is 6. The topological polar surface area (TPSA) is 147 Å². The number of H-pyrrole nitrogens is 1. The van der Waals surface area contributed by atoms with Gasteiger partial charge in [0.1, 0.15) is 17.6 Å². The van der Waals surface area contributed by atoms with E-state index in [9.17, 15) is 14.4 Å². The van der Waals surface area contributed by atoms with Crippen molar-refractivity contribution in [1.82, 2.24) is 40.6 Å². The van der Waals surface area contributed by atoms with Crippen LogP contribution < -0.4 is 5.32 Å². The van der Waals surface area contributed by atoms with Crippen LogP contribution in [0.3, 0.4) is 0 Å². The lowest BCUT2D eigenvalue weighted by molar-refractivity contribution is -0.139. The highest BCUT2D eigenvalue weighted by Gasteiger charge is 2.64. The average Bonchev–Trinajstić information content (AvgIpc) is 3.26. The number of rotatable bonds is 7. The zero-order chi connectivity index (χ0) is 28.2. The van der Waals surface area contributed by atoms with Gasteiger partial charge in [0.15, 0.2) is 5.78 Å². The molecule has 4 heterocycles. The number of carbonyl (C=O) groups is 3. The molecule has 2 aliphatic rings. The Labute approximate surface area is 230 Å². The number of hydrogen-bond donors (Lipinski definition) is 2.